The maximum Gasteiger partial charge on any atom is 0.317 e. The van der Waals surface area contributed by atoms with Crippen molar-refractivity contribution in [1.29, 1.82) is 0 Å². The second-order valence-electron chi connectivity index (χ2n) is 7.47. The fraction of sp³-hybridized carbons (Fsp3) is 0.632. The van der Waals surface area contributed by atoms with E-state index in [1.165, 1.54) is 24.1 Å². The number of amides is 2. The number of rotatable bonds is 4. The molecule has 2 aliphatic rings. The van der Waals surface area contributed by atoms with Crippen LogP contribution in [-0.4, -0.2) is 55.3 Å². The molecule has 0 bridgehead atoms. The van der Waals surface area contributed by atoms with Gasteiger partial charge < -0.3 is 14.8 Å². The molecule has 0 unspecified atom stereocenters. The van der Waals surface area contributed by atoms with E-state index in [1.807, 2.05) is 9.47 Å². The first-order valence-electron chi connectivity index (χ1n) is 9.93. The van der Waals surface area contributed by atoms with Gasteiger partial charge in [-0.05, 0) is 51.0 Å². The highest BCUT2D eigenvalue weighted by molar-refractivity contribution is 5.74. The van der Waals surface area contributed by atoms with Gasteiger partial charge in [0.1, 0.15) is 18.5 Å². The first-order valence-corrected chi connectivity index (χ1v) is 9.93. The predicted octanol–water partition coefficient (Wildman–Crippen LogP) is 1.84. The van der Waals surface area contributed by atoms with Crippen LogP contribution in [0.2, 0.25) is 0 Å². The molecule has 144 valence electrons. The molecule has 2 amide bonds. The number of carbonyl (C=O) groups excluding carboxylic acids is 1. The van der Waals surface area contributed by atoms with Crippen LogP contribution < -0.4 is 5.32 Å². The molecule has 0 spiro atoms. The van der Waals surface area contributed by atoms with E-state index in [4.69, 9.17) is 4.98 Å². The summed E-state index contributed by atoms with van der Waals surface area (Å²) < 4.78 is 2.03. The molecule has 8 heteroatoms. The highest BCUT2D eigenvalue weighted by atomic mass is 16.2. The van der Waals surface area contributed by atoms with E-state index in [-0.39, 0.29) is 6.03 Å². The van der Waals surface area contributed by atoms with Crippen molar-refractivity contribution in [2.75, 3.05) is 19.6 Å². The number of fused-ring (bicyclic) bond motifs is 1. The van der Waals surface area contributed by atoms with Crippen molar-refractivity contribution in [1.82, 2.24) is 34.9 Å². The van der Waals surface area contributed by atoms with Crippen molar-refractivity contribution in [2.24, 2.45) is 0 Å². The number of likely N-dealkylation sites (tertiary alicyclic amines) is 1. The van der Waals surface area contributed by atoms with Crippen LogP contribution in [0.1, 0.15) is 54.5 Å². The number of piperidine rings is 1. The van der Waals surface area contributed by atoms with Gasteiger partial charge in [0.2, 0.25) is 0 Å². The van der Waals surface area contributed by atoms with Crippen LogP contribution in [0.25, 0.3) is 0 Å². The average Bonchev–Trinajstić information content (AvgIpc) is 3.23. The van der Waals surface area contributed by atoms with E-state index in [0.717, 1.165) is 50.3 Å². The number of hydrogen-bond acceptors (Lipinski definition) is 5. The molecule has 27 heavy (non-hydrogen) atoms. The standard InChI is InChI=1S/C19H27N7O/c1-14-16-4-2-3-5-17(16)24-18(23-14)6-9-20-19(27)25-10-7-15(8-11-25)26-12-21-22-13-26/h12-13,15H,2-11H2,1H3,(H,20,27). The van der Waals surface area contributed by atoms with Crippen LogP contribution in [0.3, 0.4) is 0 Å². The van der Waals surface area contributed by atoms with Gasteiger partial charge in [-0.2, -0.15) is 0 Å². The highest BCUT2D eigenvalue weighted by Gasteiger charge is 2.23. The van der Waals surface area contributed by atoms with E-state index < -0.39 is 0 Å². The lowest BCUT2D eigenvalue weighted by Crippen LogP contribution is -2.45. The van der Waals surface area contributed by atoms with Crippen molar-refractivity contribution in [2.45, 2.75) is 57.9 Å². The average molecular weight is 369 g/mol. The van der Waals surface area contributed by atoms with Crippen LogP contribution >= 0.6 is 0 Å². The molecule has 1 aliphatic carbocycles. The van der Waals surface area contributed by atoms with Crippen molar-refractivity contribution < 1.29 is 4.79 Å². The summed E-state index contributed by atoms with van der Waals surface area (Å²) in [4.78, 5) is 23.7. The molecule has 0 saturated carbocycles. The van der Waals surface area contributed by atoms with Gasteiger partial charge in [-0.25, -0.2) is 14.8 Å². The Morgan fingerprint density at radius 1 is 1.15 bits per heavy atom. The highest BCUT2D eigenvalue weighted by Crippen LogP contribution is 2.22. The maximum atomic E-state index is 12.4. The van der Waals surface area contributed by atoms with Crippen LogP contribution in [0, 0.1) is 6.92 Å². The molecule has 0 aromatic carbocycles. The maximum absolute atomic E-state index is 12.4. The Kier molecular flexibility index (Phi) is 5.31. The van der Waals surface area contributed by atoms with E-state index in [0.29, 0.717) is 19.0 Å². The summed E-state index contributed by atoms with van der Waals surface area (Å²) >= 11 is 0. The van der Waals surface area contributed by atoms with Crippen molar-refractivity contribution in [3.8, 4) is 0 Å². The third kappa shape index (κ3) is 4.09. The van der Waals surface area contributed by atoms with E-state index in [1.54, 1.807) is 12.7 Å². The number of hydrogen-bond donors (Lipinski definition) is 1. The molecule has 2 aromatic rings. The first-order chi connectivity index (χ1) is 13.2. The molecule has 8 nitrogen and oxygen atoms in total. The topological polar surface area (TPSA) is 88.8 Å². The molecule has 3 heterocycles. The normalized spacial score (nSPS) is 17.6. The molecule has 1 N–H and O–H groups in total. The zero-order valence-corrected chi connectivity index (χ0v) is 15.9. The van der Waals surface area contributed by atoms with Gasteiger partial charge in [0, 0.05) is 43.5 Å². The smallest absolute Gasteiger partial charge is 0.317 e. The Hall–Kier alpha value is -2.51. The second kappa shape index (κ2) is 8.02. The zero-order chi connectivity index (χ0) is 18.6. The van der Waals surface area contributed by atoms with Gasteiger partial charge in [-0.1, -0.05) is 0 Å². The molecule has 1 fully saturated rings. The Morgan fingerprint density at radius 3 is 2.67 bits per heavy atom. The summed E-state index contributed by atoms with van der Waals surface area (Å²) in [6, 6.07) is 0.391. The fourth-order valence-corrected chi connectivity index (χ4v) is 4.11. The zero-order valence-electron chi connectivity index (χ0n) is 15.9. The summed E-state index contributed by atoms with van der Waals surface area (Å²) in [6.07, 6.45) is 10.6. The monoisotopic (exact) mass is 369 g/mol. The summed E-state index contributed by atoms with van der Waals surface area (Å²) in [5.74, 6) is 0.847. The van der Waals surface area contributed by atoms with Gasteiger partial charge in [0.05, 0.1) is 0 Å². The molecule has 1 aliphatic heterocycles. The Labute approximate surface area is 159 Å². The summed E-state index contributed by atoms with van der Waals surface area (Å²) in [6.45, 7) is 4.16. The van der Waals surface area contributed by atoms with Gasteiger partial charge >= 0.3 is 6.03 Å². The number of nitrogens with one attached hydrogen (secondary N) is 1. The van der Waals surface area contributed by atoms with Crippen LogP contribution in [0.5, 0.6) is 0 Å². The van der Waals surface area contributed by atoms with Gasteiger partial charge in [0.15, 0.2) is 0 Å². The minimum Gasteiger partial charge on any atom is -0.338 e. The molecule has 1 saturated heterocycles. The fourth-order valence-electron chi connectivity index (χ4n) is 4.11. The minimum atomic E-state index is 0.00638. The molecular formula is C19H27N7O. The lowest BCUT2D eigenvalue weighted by molar-refractivity contribution is 0.171. The Bertz CT molecular complexity index is 782. The largest absolute Gasteiger partial charge is 0.338 e. The lowest BCUT2D eigenvalue weighted by Gasteiger charge is -2.32. The molecule has 0 radical (unpaired) electrons. The third-order valence-electron chi connectivity index (χ3n) is 5.67. The number of carbonyl (C=O) groups is 1. The number of nitrogens with zero attached hydrogens (tertiary/aromatic N) is 6. The predicted molar refractivity (Wildman–Crippen MR) is 100 cm³/mol. The van der Waals surface area contributed by atoms with Crippen LogP contribution in [0.15, 0.2) is 12.7 Å². The Morgan fingerprint density at radius 2 is 1.89 bits per heavy atom. The van der Waals surface area contributed by atoms with Gasteiger partial charge in [-0.3, -0.25) is 0 Å². The lowest BCUT2D eigenvalue weighted by atomic mass is 9.95. The minimum absolute atomic E-state index is 0.00638. The molecule has 2 aromatic heterocycles. The molecule has 0 atom stereocenters. The van der Waals surface area contributed by atoms with Gasteiger partial charge in [0.25, 0.3) is 0 Å². The summed E-state index contributed by atoms with van der Waals surface area (Å²) in [5, 5.41) is 10.7. The van der Waals surface area contributed by atoms with E-state index in [9.17, 15) is 4.79 Å². The van der Waals surface area contributed by atoms with Crippen LogP contribution in [0.4, 0.5) is 4.79 Å². The van der Waals surface area contributed by atoms with Crippen molar-refractivity contribution >= 4 is 6.03 Å². The third-order valence-corrected chi connectivity index (χ3v) is 5.67. The van der Waals surface area contributed by atoms with Crippen molar-refractivity contribution in [3.63, 3.8) is 0 Å². The van der Waals surface area contributed by atoms with Crippen molar-refractivity contribution in [3.05, 3.63) is 35.4 Å². The number of aryl methyl sites for hydroxylation is 2. The second-order valence-corrected chi connectivity index (χ2v) is 7.47. The van der Waals surface area contributed by atoms with Gasteiger partial charge in [-0.15, -0.1) is 10.2 Å². The van der Waals surface area contributed by atoms with E-state index >= 15 is 0 Å². The first kappa shape index (κ1) is 17.9. The Balaban J connectivity index is 1.25. The number of urea groups is 1. The summed E-state index contributed by atoms with van der Waals surface area (Å²) in [7, 11) is 0. The summed E-state index contributed by atoms with van der Waals surface area (Å²) in [5.41, 5.74) is 3.66. The SMILES string of the molecule is Cc1nc(CCNC(=O)N2CCC(n3cnnc3)CC2)nc2c1CCCC2. The van der Waals surface area contributed by atoms with E-state index in [2.05, 4.69) is 27.4 Å². The molecular weight excluding hydrogens is 342 g/mol. The molecule has 4 rings (SSSR count). The quantitative estimate of drug-likeness (QED) is 0.888. The number of aromatic nitrogens is 5. The van der Waals surface area contributed by atoms with Crippen LogP contribution in [-0.2, 0) is 19.3 Å².